The molecule has 224 valence electrons. The predicted octanol–water partition coefficient (Wildman–Crippen LogP) is 6.29. The highest BCUT2D eigenvalue weighted by Gasteiger charge is 2.23. The number of aryl methyl sites for hydroxylation is 3. The second-order valence-corrected chi connectivity index (χ2v) is 12.1. The molecule has 0 aliphatic rings. The van der Waals surface area contributed by atoms with Crippen LogP contribution < -0.4 is 14.8 Å². The van der Waals surface area contributed by atoms with E-state index in [1.807, 2.05) is 44.2 Å². The van der Waals surface area contributed by atoms with Gasteiger partial charge in [0, 0.05) is 24.2 Å². The van der Waals surface area contributed by atoms with E-state index in [2.05, 4.69) is 35.4 Å². The molecule has 4 aromatic rings. The van der Waals surface area contributed by atoms with Gasteiger partial charge < -0.3 is 14.6 Å². The van der Waals surface area contributed by atoms with Crippen LogP contribution in [0.1, 0.15) is 69.1 Å². The van der Waals surface area contributed by atoms with Crippen molar-refractivity contribution in [2.45, 2.75) is 78.2 Å². The Labute approximate surface area is 248 Å². The normalized spacial score (nSPS) is 11.5. The van der Waals surface area contributed by atoms with Gasteiger partial charge in [0.05, 0.1) is 18.0 Å². The Kier molecular flexibility index (Phi) is 10.2. The van der Waals surface area contributed by atoms with E-state index in [0.29, 0.717) is 36.6 Å². The maximum Gasteiger partial charge on any atom is 0.328 e. The number of hydrogen-bond acceptors (Lipinski definition) is 6. The van der Waals surface area contributed by atoms with Gasteiger partial charge in [-0.1, -0.05) is 57.9 Å². The van der Waals surface area contributed by atoms with Crippen LogP contribution in [0.2, 0.25) is 0 Å². The SMILES string of the molecule is CCCCNC(=O)NS(=O)(=O)c1ccc(OCCCC)cc1-c1ccc(Cn2c(CC)nc3c(C)cc(C)nc32)cc1. The molecule has 2 aromatic carbocycles. The van der Waals surface area contributed by atoms with Crippen LogP contribution in [-0.4, -0.2) is 42.1 Å². The molecule has 0 aliphatic heterocycles. The average Bonchev–Trinajstić information content (AvgIpc) is 3.30. The summed E-state index contributed by atoms with van der Waals surface area (Å²) in [6.07, 6.45) is 4.30. The highest BCUT2D eigenvalue weighted by Crippen LogP contribution is 2.32. The summed E-state index contributed by atoms with van der Waals surface area (Å²) in [6, 6.07) is 13.9. The zero-order chi connectivity index (χ0) is 30.3. The standard InChI is InChI=1S/C32H41N5O4S/c1-6-9-17-33-32(38)36-42(39,40)28-16-15-26(41-18-10-7-2)20-27(28)25-13-11-24(12-14-25)21-37-29(8-3)35-30-22(4)19-23(5)34-31(30)37/h11-16,19-20H,6-10,17-18,21H2,1-5H3,(H2,33,36,38). The van der Waals surface area contributed by atoms with Gasteiger partial charge in [0.2, 0.25) is 0 Å². The number of amides is 2. The van der Waals surface area contributed by atoms with Crippen molar-refractivity contribution in [2.24, 2.45) is 0 Å². The topological polar surface area (TPSA) is 115 Å². The molecular formula is C32H41N5O4S. The molecule has 10 heteroatoms. The summed E-state index contributed by atoms with van der Waals surface area (Å²) in [5.74, 6) is 1.53. The van der Waals surface area contributed by atoms with Crippen molar-refractivity contribution >= 4 is 27.2 Å². The lowest BCUT2D eigenvalue weighted by Gasteiger charge is -2.15. The quantitative estimate of drug-likeness (QED) is 0.177. The molecule has 0 saturated carbocycles. The Balaban J connectivity index is 1.67. The molecule has 0 radical (unpaired) electrons. The molecule has 0 bridgehead atoms. The molecule has 2 amide bonds. The number of carbonyl (C=O) groups is 1. The Morgan fingerprint density at radius 2 is 1.69 bits per heavy atom. The van der Waals surface area contributed by atoms with Gasteiger partial charge in [-0.25, -0.2) is 27.9 Å². The Bertz CT molecular complexity index is 1650. The number of hydrogen-bond donors (Lipinski definition) is 2. The maximum atomic E-state index is 13.3. The number of aromatic nitrogens is 3. The van der Waals surface area contributed by atoms with Crippen LogP contribution in [0.4, 0.5) is 4.79 Å². The summed E-state index contributed by atoms with van der Waals surface area (Å²) in [5, 5.41) is 2.61. The number of fused-ring (bicyclic) bond motifs is 1. The Morgan fingerprint density at radius 1 is 0.952 bits per heavy atom. The summed E-state index contributed by atoms with van der Waals surface area (Å²) >= 11 is 0. The van der Waals surface area contributed by atoms with Crippen LogP contribution in [0.15, 0.2) is 53.4 Å². The molecule has 0 fully saturated rings. The number of imidazole rings is 1. The van der Waals surface area contributed by atoms with Gasteiger partial charge in [0.15, 0.2) is 5.65 Å². The molecule has 0 spiro atoms. The molecule has 2 aromatic heterocycles. The second kappa shape index (κ2) is 13.8. The minimum absolute atomic E-state index is 0.00718. The fourth-order valence-corrected chi connectivity index (χ4v) is 5.98. The Hall–Kier alpha value is -3.92. The number of nitrogens with one attached hydrogen (secondary N) is 2. The van der Waals surface area contributed by atoms with Crippen LogP contribution in [0, 0.1) is 13.8 Å². The molecule has 42 heavy (non-hydrogen) atoms. The molecule has 0 aliphatic carbocycles. The zero-order valence-electron chi connectivity index (χ0n) is 25.2. The number of ether oxygens (including phenoxy) is 1. The van der Waals surface area contributed by atoms with E-state index < -0.39 is 16.1 Å². The van der Waals surface area contributed by atoms with Crippen LogP contribution in [0.25, 0.3) is 22.3 Å². The van der Waals surface area contributed by atoms with Gasteiger partial charge in [0.25, 0.3) is 10.0 Å². The van der Waals surface area contributed by atoms with E-state index in [-0.39, 0.29) is 4.90 Å². The molecule has 0 atom stereocenters. The van der Waals surface area contributed by atoms with Crippen molar-refractivity contribution in [1.29, 1.82) is 0 Å². The number of rotatable bonds is 13. The number of unbranched alkanes of at least 4 members (excludes halogenated alkanes) is 2. The monoisotopic (exact) mass is 591 g/mol. The highest BCUT2D eigenvalue weighted by molar-refractivity contribution is 7.90. The third kappa shape index (κ3) is 7.28. The van der Waals surface area contributed by atoms with E-state index in [9.17, 15) is 13.2 Å². The van der Waals surface area contributed by atoms with E-state index in [1.165, 1.54) is 6.07 Å². The summed E-state index contributed by atoms with van der Waals surface area (Å²) in [4.78, 5) is 22.0. The molecule has 0 saturated heterocycles. The molecule has 2 heterocycles. The van der Waals surface area contributed by atoms with Gasteiger partial charge in [-0.3, -0.25) is 0 Å². The number of benzene rings is 2. The van der Waals surface area contributed by atoms with Crippen LogP contribution in [0.3, 0.4) is 0 Å². The van der Waals surface area contributed by atoms with Gasteiger partial charge >= 0.3 is 6.03 Å². The largest absolute Gasteiger partial charge is 0.494 e. The van der Waals surface area contributed by atoms with Gasteiger partial charge in [-0.05, 0) is 67.6 Å². The van der Waals surface area contributed by atoms with Crippen molar-refractivity contribution < 1.29 is 17.9 Å². The van der Waals surface area contributed by atoms with Crippen molar-refractivity contribution in [3.8, 4) is 16.9 Å². The van der Waals surface area contributed by atoms with E-state index in [4.69, 9.17) is 14.7 Å². The molecular weight excluding hydrogens is 550 g/mol. The Morgan fingerprint density at radius 3 is 2.38 bits per heavy atom. The third-order valence-electron chi connectivity index (χ3n) is 7.07. The fraction of sp³-hybridized carbons (Fsp3) is 0.406. The lowest BCUT2D eigenvalue weighted by Crippen LogP contribution is -2.39. The molecule has 0 unspecified atom stereocenters. The zero-order valence-corrected chi connectivity index (χ0v) is 26.0. The number of urea groups is 1. The van der Waals surface area contributed by atoms with Crippen molar-refractivity contribution in [1.82, 2.24) is 24.6 Å². The number of carbonyl (C=O) groups excluding carboxylic acids is 1. The second-order valence-electron chi connectivity index (χ2n) is 10.5. The van der Waals surface area contributed by atoms with Crippen LogP contribution in [-0.2, 0) is 23.0 Å². The first-order valence-electron chi connectivity index (χ1n) is 14.7. The van der Waals surface area contributed by atoms with E-state index in [1.54, 1.807) is 12.1 Å². The molecule has 4 rings (SSSR count). The lowest BCUT2D eigenvalue weighted by atomic mass is 10.0. The van der Waals surface area contributed by atoms with E-state index >= 15 is 0 Å². The maximum absolute atomic E-state index is 13.3. The number of sulfonamides is 1. The van der Waals surface area contributed by atoms with Crippen LogP contribution >= 0.6 is 0 Å². The van der Waals surface area contributed by atoms with Gasteiger partial charge in [-0.2, -0.15) is 0 Å². The van der Waals surface area contributed by atoms with Gasteiger partial charge in [0.1, 0.15) is 17.1 Å². The lowest BCUT2D eigenvalue weighted by molar-refractivity contribution is 0.245. The molecule has 9 nitrogen and oxygen atoms in total. The van der Waals surface area contributed by atoms with E-state index in [0.717, 1.165) is 65.9 Å². The summed E-state index contributed by atoms with van der Waals surface area (Å²) in [6.45, 7) is 11.7. The van der Waals surface area contributed by atoms with Crippen molar-refractivity contribution in [3.63, 3.8) is 0 Å². The van der Waals surface area contributed by atoms with Crippen LogP contribution in [0.5, 0.6) is 5.75 Å². The number of nitrogens with zero attached hydrogens (tertiary/aromatic N) is 3. The summed E-state index contributed by atoms with van der Waals surface area (Å²) < 4.78 is 36.9. The minimum Gasteiger partial charge on any atom is -0.494 e. The first-order chi connectivity index (χ1) is 20.2. The number of pyridine rings is 1. The summed E-state index contributed by atoms with van der Waals surface area (Å²) in [7, 11) is -4.15. The predicted molar refractivity (Wildman–Crippen MR) is 166 cm³/mol. The first kappa shape index (κ1) is 31.0. The van der Waals surface area contributed by atoms with Crippen molar-refractivity contribution in [3.05, 3.63) is 71.2 Å². The summed E-state index contributed by atoms with van der Waals surface area (Å²) in [5.41, 5.74) is 6.01. The minimum atomic E-state index is -4.15. The first-order valence-corrected chi connectivity index (χ1v) is 16.1. The van der Waals surface area contributed by atoms with Gasteiger partial charge in [-0.15, -0.1) is 0 Å². The third-order valence-corrected chi connectivity index (χ3v) is 8.46. The highest BCUT2D eigenvalue weighted by atomic mass is 32.2. The fourth-order valence-electron chi connectivity index (χ4n) is 4.84. The average molecular weight is 592 g/mol. The smallest absolute Gasteiger partial charge is 0.328 e. The van der Waals surface area contributed by atoms with Crippen molar-refractivity contribution in [2.75, 3.05) is 13.2 Å². The molecule has 2 N–H and O–H groups in total.